The first-order chi connectivity index (χ1) is 6.72. The minimum Gasteiger partial charge on any atom is -0.297 e. The van der Waals surface area contributed by atoms with Crippen LogP contribution in [0.25, 0.3) is 0 Å². The second-order valence-electron chi connectivity index (χ2n) is 3.90. The standard InChI is InChI=1S/C12H16ClN/c1-3-14-7-6-10-4-5-11(13)8-12(10)9(14)2/h4-5,8-9H,3,6-7H2,1-2H3. The number of nitrogens with zero attached hydrogens (tertiary/aromatic N) is 1. The van der Waals surface area contributed by atoms with E-state index in [-0.39, 0.29) is 0 Å². The fourth-order valence-corrected chi connectivity index (χ4v) is 2.45. The van der Waals surface area contributed by atoms with Gasteiger partial charge in [-0.2, -0.15) is 0 Å². The molecular weight excluding hydrogens is 194 g/mol. The Hall–Kier alpha value is -0.530. The van der Waals surface area contributed by atoms with Crippen molar-refractivity contribution in [2.24, 2.45) is 0 Å². The molecule has 0 spiro atoms. The van der Waals surface area contributed by atoms with Gasteiger partial charge in [-0.3, -0.25) is 4.90 Å². The zero-order valence-corrected chi connectivity index (χ0v) is 9.51. The second kappa shape index (κ2) is 3.92. The molecule has 0 fully saturated rings. The number of benzene rings is 1. The van der Waals surface area contributed by atoms with E-state index in [0.717, 1.165) is 18.0 Å². The van der Waals surface area contributed by atoms with Crippen LogP contribution >= 0.6 is 11.6 Å². The fourth-order valence-electron chi connectivity index (χ4n) is 2.27. The summed E-state index contributed by atoms with van der Waals surface area (Å²) in [5.74, 6) is 0. The zero-order chi connectivity index (χ0) is 10.1. The van der Waals surface area contributed by atoms with E-state index in [9.17, 15) is 0 Å². The van der Waals surface area contributed by atoms with Gasteiger partial charge in [-0.1, -0.05) is 24.6 Å². The third-order valence-electron chi connectivity index (χ3n) is 3.18. The van der Waals surface area contributed by atoms with Gasteiger partial charge in [-0.25, -0.2) is 0 Å². The molecule has 1 heterocycles. The summed E-state index contributed by atoms with van der Waals surface area (Å²) < 4.78 is 0. The maximum Gasteiger partial charge on any atom is 0.0409 e. The Morgan fingerprint density at radius 1 is 1.50 bits per heavy atom. The average molecular weight is 210 g/mol. The molecule has 0 amide bonds. The van der Waals surface area contributed by atoms with Crippen LogP contribution < -0.4 is 0 Å². The summed E-state index contributed by atoms with van der Waals surface area (Å²) in [5.41, 5.74) is 2.87. The van der Waals surface area contributed by atoms with Crippen LogP contribution in [0.1, 0.15) is 31.0 Å². The molecule has 2 rings (SSSR count). The van der Waals surface area contributed by atoms with E-state index in [1.165, 1.54) is 17.7 Å². The van der Waals surface area contributed by atoms with Gasteiger partial charge >= 0.3 is 0 Å². The summed E-state index contributed by atoms with van der Waals surface area (Å²) in [5, 5.41) is 0.855. The van der Waals surface area contributed by atoms with Crippen LogP contribution in [0.5, 0.6) is 0 Å². The number of halogens is 1. The lowest BCUT2D eigenvalue weighted by Gasteiger charge is -2.34. The molecular formula is C12H16ClN. The predicted molar refractivity (Wildman–Crippen MR) is 60.8 cm³/mol. The normalized spacial score (nSPS) is 22.1. The van der Waals surface area contributed by atoms with Crippen molar-refractivity contribution in [2.75, 3.05) is 13.1 Å². The Bertz CT molecular complexity index is 335. The van der Waals surface area contributed by atoms with Crippen LogP contribution in [0.2, 0.25) is 5.02 Å². The SMILES string of the molecule is CCN1CCc2ccc(Cl)cc2C1C. The molecule has 14 heavy (non-hydrogen) atoms. The first-order valence-electron chi connectivity index (χ1n) is 5.24. The van der Waals surface area contributed by atoms with Gasteiger partial charge in [0.1, 0.15) is 0 Å². The van der Waals surface area contributed by atoms with Gasteiger partial charge in [0.2, 0.25) is 0 Å². The minimum atomic E-state index is 0.516. The maximum absolute atomic E-state index is 6.01. The summed E-state index contributed by atoms with van der Waals surface area (Å²) in [6.45, 7) is 6.77. The average Bonchev–Trinajstić information content (AvgIpc) is 2.20. The number of likely N-dealkylation sites (N-methyl/N-ethyl adjacent to an activating group) is 1. The van der Waals surface area contributed by atoms with Crippen LogP contribution in [0.15, 0.2) is 18.2 Å². The molecule has 0 radical (unpaired) electrons. The molecule has 1 aromatic carbocycles. The topological polar surface area (TPSA) is 3.24 Å². The van der Waals surface area contributed by atoms with Crippen molar-refractivity contribution < 1.29 is 0 Å². The van der Waals surface area contributed by atoms with Crippen molar-refractivity contribution in [3.63, 3.8) is 0 Å². The largest absolute Gasteiger partial charge is 0.297 e. The van der Waals surface area contributed by atoms with E-state index in [2.05, 4.69) is 30.9 Å². The van der Waals surface area contributed by atoms with E-state index >= 15 is 0 Å². The Morgan fingerprint density at radius 2 is 2.29 bits per heavy atom. The number of rotatable bonds is 1. The lowest BCUT2D eigenvalue weighted by atomic mass is 9.94. The molecule has 0 aliphatic carbocycles. The Labute approximate surface area is 90.7 Å². The fraction of sp³-hybridized carbons (Fsp3) is 0.500. The van der Waals surface area contributed by atoms with E-state index in [4.69, 9.17) is 11.6 Å². The second-order valence-corrected chi connectivity index (χ2v) is 4.33. The van der Waals surface area contributed by atoms with Crippen LogP contribution in [-0.4, -0.2) is 18.0 Å². The molecule has 1 atom stereocenters. The van der Waals surface area contributed by atoms with Gasteiger partial charge in [0, 0.05) is 17.6 Å². The van der Waals surface area contributed by atoms with Gasteiger partial charge in [-0.15, -0.1) is 0 Å². The van der Waals surface area contributed by atoms with Gasteiger partial charge in [-0.05, 0) is 43.1 Å². The number of hydrogen-bond donors (Lipinski definition) is 0. The molecule has 0 saturated carbocycles. The van der Waals surface area contributed by atoms with Crippen molar-refractivity contribution in [1.29, 1.82) is 0 Å². The molecule has 1 nitrogen and oxygen atoms in total. The Balaban J connectivity index is 2.38. The molecule has 0 N–H and O–H groups in total. The first kappa shape index (κ1) is 10.0. The molecule has 1 aromatic rings. The molecule has 76 valence electrons. The van der Waals surface area contributed by atoms with Gasteiger partial charge in [0.25, 0.3) is 0 Å². The molecule has 0 bridgehead atoms. The van der Waals surface area contributed by atoms with Crippen LogP contribution in [-0.2, 0) is 6.42 Å². The lowest BCUT2D eigenvalue weighted by Crippen LogP contribution is -2.33. The zero-order valence-electron chi connectivity index (χ0n) is 8.76. The van der Waals surface area contributed by atoms with E-state index in [1.54, 1.807) is 0 Å². The highest BCUT2D eigenvalue weighted by Crippen LogP contribution is 2.30. The lowest BCUT2D eigenvalue weighted by molar-refractivity contribution is 0.209. The molecule has 1 aliphatic heterocycles. The predicted octanol–water partition coefficient (Wildman–Crippen LogP) is 3.28. The van der Waals surface area contributed by atoms with Crippen molar-refractivity contribution in [3.8, 4) is 0 Å². The van der Waals surface area contributed by atoms with Crippen molar-refractivity contribution in [2.45, 2.75) is 26.3 Å². The van der Waals surface area contributed by atoms with Gasteiger partial charge in [0.15, 0.2) is 0 Å². The van der Waals surface area contributed by atoms with Crippen molar-refractivity contribution >= 4 is 11.6 Å². The van der Waals surface area contributed by atoms with E-state index in [1.807, 2.05) is 6.07 Å². The molecule has 0 aromatic heterocycles. The molecule has 1 aliphatic rings. The highest BCUT2D eigenvalue weighted by molar-refractivity contribution is 6.30. The summed E-state index contributed by atoms with van der Waals surface area (Å²) in [7, 11) is 0. The Kier molecular flexibility index (Phi) is 2.80. The quantitative estimate of drug-likeness (QED) is 0.686. The van der Waals surface area contributed by atoms with E-state index in [0.29, 0.717) is 6.04 Å². The van der Waals surface area contributed by atoms with Gasteiger partial charge in [0.05, 0.1) is 0 Å². The number of hydrogen-bond acceptors (Lipinski definition) is 1. The summed E-state index contributed by atoms with van der Waals surface area (Å²) in [6.07, 6.45) is 1.16. The summed E-state index contributed by atoms with van der Waals surface area (Å²) in [6, 6.07) is 6.79. The molecule has 1 unspecified atom stereocenters. The highest BCUT2D eigenvalue weighted by Gasteiger charge is 2.22. The van der Waals surface area contributed by atoms with Gasteiger partial charge < -0.3 is 0 Å². The molecule has 2 heteroatoms. The highest BCUT2D eigenvalue weighted by atomic mass is 35.5. The summed E-state index contributed by atoms with van der Waals surface area (Å²) in [4.78, 5) is 2.48. The Morgan fingerprint density at radius 3 is 3.00 bits per heavy atom. The third kappa shape index (κ3) is 1.67. The minimum absolute atomic E-state index is 0.516. The summed E-state index contributed by atoms with van der Waals surface area (Å²) >= 11 is 6.01. The number of fused-ring (bicyclic) bond motifs is 1. The maximum atomic E-state index is 6.01. The van der Waals surface area contributed by atoms with E-state index < -0.39 is 0 Å². The molecule has 0 saturated heterocycles. The van der Waals surface area contributed by atoms with Crippen molar-refractivity contribution in [3.05, 3.63) is 34.3 Å². The van der Waals surface area contributed by atoms with Crippen LogP contribution in [0.3, 0.4) is 0 Å². The monoisotopic (exact) mass is 209 g/mol. The van der Waals surface area contributed by atoms with Crippen molar-refractivity contribution in [1.82, 2.24) is 4.90 Å². The van der Waals surface area contributed by atoms with Crippen LogP contribution in [0.4, 0.5) is 0 Å². The smallest absolute Gasteiger partial charge is 0.0409 e. The first-order valence-corrected chi connectivity index (χ1v) is 5.62. The van der Waals surface area contributed by atoms with Crippen LogP contribution in [0, 0.1) is 0 Å². The third-order valence-corrected chi connectivity index (χ3v) is 3.42.